The second kappa shape index (κ2) is 5.80. The smallest absolute Gasteiger partial charge is 0.261 e. The predicted molar refractivity (Wildman–Crippen MR) is 69.9 cm³/mol. The third-order valence-electron chi connectivity index (χ3n) is 2.58. The van der Waals surface area contributed by atoms with E-state index in [2.05, 4.69) is 10.3 Å². The highest BCUT2D eigenvalue weighted by molar-refractivity contribution is 6.06. The number of anilines is 1. The lowest BCUT2D eigenvalue weighted by molar-refractivity contribution is 0.102. The number of carbonyl (C=O) groups is 1. The van der Waals surface area contributed by atoms with Crippen LogP contribution >= 0.6 is 0 Å². The number of carbonyl (C=O) groups excluding carboxylic acids is 1. The number of methoxy groups -OCH3 is 1. The molecule has 0 saturated heterocycles. The summed E-state index contributed by atoms with van der Waals surface area (Å²) in [5.41, 5.74) is 0.0789. The summed E-state index contributed by atoms with van der Waals surface area (Å²) in [7, 11) is 1.39. The Morgan fingerprint density at radius 3 is 2.90 bits per heavy atom. The molecule has 1 aromatic carbocycles. The highest BCUT2D eigenvalue weighted by Gasteiger charge is 2.15. The van der Waals surface area contributed by atoms with E-state index in [1.807, 2.05) is 0 Å². The Labute approximate surface area is 114 Å². The first-order chi connectivity index (χ1) is 9.67. The summed E-state index contributed by atoms with van der Waals surface area (Å²) >= 11 is 0. The maximum absolute atomic E-state index is 13.4. The first-order valence-corrected chi connectivity index (χ1v) is 5.66. The van der Waals surface area contributed by atoms with Crippen LogP contribution in [-0.4, -0.2) is 18.0 Å². The van der Waals surface area contributed by atoms with Gasteiger partial charge in [-0.2, -0.15) is 5.26 Å². The largest absolute Gasteiger partial charge is 0.480 e. The van der Waals surface area contributed by atoms with Crippen LogP contribution in [0.5, 0.6) is 5.88 Å². The summed E-state index contributed by atoms with van der Waals surface area (Å²) in [5, 5.41) is 11.4. The lowest BCUT2D eigenvalue weighted by Gasteiger charge is -2.09. The van der Waals surface area contributed by atoms with E-state index in [4.69, 9.17) is 10.00 Å². The van der Waals surface area contributed by atoms with Gasteiger partial charge in [0.05, 0.1) is 12.8 Å². The highest BCUT2D eigenvalue weighted by atomic mass is 19.1. The average molecular weight is 271 g/mol. The van der Waals surface area contributed by atoms with E-state index in [0.29, 0.717) is 0 Å². The molecule has 0 spiro atoms. The first kappa shape index (κ1) is 13.5. The lowest BCUT2D eigenvalue weighted by Crippen LogP contribution is -2.15. The van der Waals surface area contributed by atoms with Crippen molar-refractivity contribution in [1.82, 2.24) is 4.98 Å². The second-order valence-corrected chi connectivity index (χ2v) is 3.79. The quantitative estimate of drug-likeness (QED) is 0.929. The average Bonchev–Trinajstić information content (AvgIpc) is 2.47. The molecule has 0 bridgehead atoms. The molecule has 2 aromatic rings. The molecule has 0 atom stereocenters. The third-order valence-corrected chi connectivity index (χ3v) is 2.58. The van der Waals surface area contributed by atoms with E-state index in [0.717, 1.165) is 6.07 Å². The number of rotatable bonds is 3. The number of hydrogen-bond acceptors (Lipinski definition) is 4. The van der Waals surface area contributed by atoms with Crippen LogP contribution in [0.15, 0.2) is 36.5 Å². The fourth-order valence-electron chi connectivity index (χ4n) is 1.66. The topological polar surface area (TPSA) is 75.0 Å². The molecule has 1 aromatic heterocycles. The van der Waals surface area contributed by atoms with Crippen LogP contribution < -0.4 is 10.1 Å². The van der Waals surface area contributed by atoms with Crippen LogP contribution in [0.2, 0.25) is 0 Å². The van der Waals surface area contributed by atoms with E-state index in [1.165, 1.54) is 31.5 Å². The zero-order valence-corrected chi connectivity index (χ0v) is 10.6. The molecule has 6 heteroatoms. The molecule has 1 amide bonds. The fourth-order valence-corrected chi connectivity index (χ4v) is 1.66. The Morgan fingerprint density at radius 2 is 2.20 bits per heavy atom. The van der Waals surface area contributed by atoms with Crippen molar-refractivity contribution < 1.29 is 13.9 Å². The summed E-state index contributed by atoms with van der Waals surface area (Å²) < 4.78 is 18.4. The molecule has 1 N–H and O–H groups in total. The SMILES string of the molecule is COc1ncccc1C(=O)Nc1cccc(F)c1C#N. The van der Waals surface area contributed by atoms with Crippen LogP contribution in [0.4, 0.5) is 10.1 Å². The minimum absolute atomic E-state index is 0.100. The fraction of sp³-hybridized carbons (Fsp3) is 0.0714. The van der Waals surface area contributed by atoms with Crippen molar-refractivity contribution in [3.63, 3.8) is 0 Å². The lowest BCUT2D eigenvalue weighted by atomic mass is 10.1. The van der Waals surface area contributed by atoms with Crippen molar-refractivity contribution >= 4 is 11.6 Å². The van der Waals surface area contributed by atoms with Crippen LogP contribution in [0.3, 0.4) is 0 Å². The molecule has 0 aliphatic rings. The van der Waals surface area contributed by atoms with Crippen LogP contribution in [-0.2, 0) is 0 Å². The molecule has 0 unspecified atom stereocenters. The molecule has 100 valence electrons. The van der Waals surface area contributed by atoms with Gasteiger partial charge in [0.15, 0.2) is 0 Å². The Balaban J connectivity index is 2.34. The summed E-state index contributed by atoms with van der Waals surface area (Å²) in [6, 6.07) is 8.82. The van der Waals surface area contributed by atoms with Gasteiger partial charge in [0.1, 0.15) is 23.0 Å². The van der Waals surface area contributed by atoms with Gasteiger partial charge < -0.3 is 10.1 Å². The van der Waals surface area contributed by atoms with E-state index >= 15 is 0 Å². The van der Waals surface area contributed by atoms with Gasteiger partial charge in [0.2, 0.25) is 5.88 Å². The summed E-state index contributed by atoms with van der Waals surface area (Å²) in [6.07, 6.45) is 1.48. The van der Waals surface area contributed by atoms with Gasteiger partial charge >= 0.3 is 0 Å². The van der Waals surface area contributed by atoms with Crippen molar-refractivity contribution in [2.24, 2.45) is 0 Å². The normalized spacial score (nSPS) is 9.65. The van der Waals surface area contributed by atoms with E-state index < -0.39 is 11.7 Å². The van der Waals surface area contributed by atoms with Crippen molar-refractivity contribution in [2.45, 2.75) is 0 Å². The molecular weight excluding hydrogens is 261 g/mol. The number of nitrogens with one attached hydrogen (secondary N) is 1. The van der Waals surface area contributed by atoms with Crippen LogP contribution in [0.1, 0.15) is 15.9 Å². The predicted octanol–water partition coefficient (Wildman–Crippen LogP) is 2.35. The number of nitrogens with zero attached hydrogens (tertiary/aromatic N) is 2. The Morgan fingerprint density at radius 1 is 1.40 bits per heavy atom. The Hall–Kier alpha value is -2.94. The van der Waals surface area contributed by atoms with E-state index in [-0.39, 0.29) is 22.7 Å². The molecule has 2 rings (SSSR count). The number of pyridine rings is 1. The minimum Gasteiger partial charge on any atom is -0.480 e. The van der Waals surface area contributed by atoms with Crippen LogP contribution in [0, 0.1) is 17.1 Å². The number of nitriles is 1. The standard InChI is InChI=1S/C14H10FN3O2/c1-20-14-9(4-3-7-17-14)13(19)18-12-6-2-5-11(15)10(12)8-16/h2-7H,1H3,(H,18,19). The zero-order chi connectivity index (χ0) is 14.5. The number of hydrogen-bond donors (Lipinski definition) is 1. The van der Waals surface area contributed by atoms with Gasteiger partial charge in [-0.1, -0.05) is 6.07 Å². The van der Waals surface area contributed by atoms with Crippen molar-refractivity contribution in [3.8, 4) is 11.9 Å². The molecule has 0 aliphatic heterocycles. The molecule has 20 heavy (non-hydrogen) atoms. The highest BCUT2D eigenvalue weighted by Crippen LogP contribution is 2.20. The van der Waals surface area contributed by atoms with Gasteiger partial charge in [0.25, 0.3) is 5.91 Å². The number of ether oxygens (including phenoxy) is 1. The van der Waals surface area contributed by atoms with Gasteiger partial charge in [-0.25, -0.2) is 9.37 Å². The van der Waals surface area contributed by atoms with E-state index in [1.54, 1.807) is 12.1 Å². The molecular formula is C14H10FN3O2. The summed E-state index contributed by atoms with van der Waals surface area (Å²) in [6.45, 7) is 0. The minimum atomic E-state index is -0.691. The zero-order valence-electron chi connectivity index (χ0n) is 10.6. The Bertz CT molecular complexity index is 695. The van der Waals surface area contributed by atoms with Gasteiger partial charge in [-0.3, -0.25) is 4.79 Å². The maximum atomic E-state index is 13.4. The van der Waals surface area contributed by atoms with E-state index in [9.17, 15) is 9.18 Å². The molecule has 0 radical (unpaired) electrons. The van der Waals surface area contributed by atoms with Crippen LogP contribution in [0.25, 0.3) is 0 Å². The number of aromatic nitrogens is 1. The molecule has 0 saturated carbocycles. The number of amides is 1. The second-order valence-electron chi connectivity index (χ2n) is 3.79. The number of benzene rings is 1. The van der Waals surface area contributed by atoms with Crippen molar-refractivity contribution in [2.75, 3.05) is 12.4 Å². The monoisotopic (exact) mass is 271 g/mol. The third kappa shape index (κ3) is 2.57. The number of halogens is 1. The summed E-state index contributed by atoms with van der Waals surface area (Å²) in [4.78, 5) is 16.0. The van der Waals surface area contributed by atoms with Crippen molar-refractivity contribution in [3.05, 3.63) is 53.5 Å². The first-order valence-electron chi connectivity index (χ1n) is 5.66. The van der Waals surface area contributed by atoms with Gasteiger partial charge in [-0.15, -0.1) is 0 Å². The molecule has 5 nitrogen and oxygen atoms in total. The summed E-state index contributed by atoms with van der Waals surface area (Å²) in [5.74, 6) is -1.07. The van der Waals surface area contributed by atoms with Gasteiger partial charge in [0, 0.05) is 6.20 Å². The molecule has 0 fully saturated rings. The maximum Gasteiger partial charge on any atom is 0.261 e. The molecule has 0 aliphatic carbocycles. The Kier molecular flexibility index (Phi) is 3.91. The van der Waals surface area contributed by atoms with Gasteiger partial charge in [-0.05, 0) is 24.3 Å². The van der Waals surface area contributed by atoms with Crippen molar-refractivity contribution in [1.29, 1.82) is 5.26 Å². The molecule has 1 heterocycles.